The Kier molecular flexibility index (Phi) is 7.20. The topological polar surface area (TPSA) is 86.6 Å². The second-order valence-corrected chi connectivity index (χ2v) is 11.2. The molecule has 10 heteroatoms. The summed E-state index contributed by atoms with van der Waals surface area (Å²) in [5.41, 5.74) is -0.600. The van der Waals surface area contributed by atoms with E-state index in [2.05, 4.69) is 5.32 Å². The van der Waals surface area contributed by atoms with Crippen LogP contribution < -0.4 is 15.6 Å². The molecule has 0 spiro atoms. The van der Waals surface area contributed by atoms with Crippen LogP contribution in [0.3, 0.4) is 0 Å². The zero-order valence-electron chi connectivity index (χ0n) is 22.4. The maximum atomic E-state index is 15.4. The molecule has 7 nitrogen and oxygen atoms in total. The summed E-state index contributed by atoms with van der Waals surface area (Å²) in [6.45, 7) is 5.22. The number of halogens is 3. The first kappa shape index (κ1) is 27.5. The Bertz CT molecular complexity index is 1560. The second kappa shape index (κ2) is 10.5. The van der Waals surface area contributed by atoms with Gasteiger partial charge in [-0.15, -0.1) is 0 Å². The van der Waals surface area contributed by atoms with Crippen LogP contribution in [0.1, 0.15) is 73.1 Å². The molecule has 0 saturated heterocycles. The van der Waals surface area contributed by atoms with E-state index >= 15 is 4.39 Å². The van der Waals surface area contributed by atoms with E-state index in [-0.39, 0.29) is 29.3 Å². The molecule has 2 aliphatic rings. The quantitative estimate of drug-likeness (QED) is 0.407. The summed E-state index contributed by atoms with van der Waals surface area (Å²) in [5, 5.41) is 2.73. The predicted octanol–water partition coefficient (Wildman–Crippen LogP) is 5.73. The van der Waals surface area contributed by atoms with Gasteiger partial charge in [-0.05, 0) is 81.7 Å². The number of esters is 1. The summed E-state index contributed by atoms with van der Waals surface area (Å²) >= 11 is 0. The van der Waals surface area contributed by atoms with E-state index in [1.165, 1.54) is 24.3 Å². The molecule has 1 amide bonds. The Morgan fingerprint density at radius 2 is 1.75 bits per heavy atom. The molecule has 2 aliphatic carbocycles. The number of carbonyl (C=O) groups excluding carboxylic acids is 2. The van der Waals surface area contributed by atoms with Crippen molar-refractivity contribution in [3.05, 3.63) is 92.7 Å². The Morgan fingerprint density at radius 1 is 1.00 bits per heavy atom. The molecule has 1 unspecified atom stereocenters. The molecule has 210 valence electrons. The van der Waals surface area contributed by atoms with Gasteiger partial charge in [0.1, 0.15) is 17.2 Å². The fourth-order valence-corrected chi connectivity index (χ4v) is 5.10. The predicted molar refractivity (Wildman–Crippen MR) is 140 cm³/mol. The van der Waals surface area contributed by atoms with E-state index < -0.39 is 46.7 Å². The number of nitrogens with one attached hydrogen (secondary N) is 1. The van der Waals surface area contributed by atoms with Gasteiger partial charge in [0.05, 0.1) is 11.3 Å². The first-order valence-corrected chi connectivity index (χ1v) is 13.1. The van der Waals surface area contributed by atoms with Gasteiger partial charge in [0.25, 0.3) is 5.56 Å². The molecule has 0 bridgehead atoms. The van der Waals surface area contributed by atoms with Crippen molar-refractivity contribution in [2.45, 2.75) is 70.4 Å². The van der Waals surface area contributed by atoms with Crippen molar-refractivity contribution < 1.29 is 32.2 Å². The van der Waals surface area contributed by atoms with E-state index in [1.54, 1.807) is 26.8 Å². The Balaban J connectivity index is 1.38. The van der Waals surface area contributed by atoms with Gasteiger partial charge in [0, 0.05) is 23.9 Å². The van der Waals surface area contributed by atoms with Crippen molar-refractivity contribution in [3.63, 3.8) is 0 Å². The molecule has 3 aromatic rings. The van der Waals surface area contributed by atoms with Crippen LogP contribution in [0.5, 0.6) is 5.75 Å². The number of alkyl carbamates (subject to hydrolysis) is 1. The standard InChI is InChI=1S/C30H29F3N2O5/c1-30(2,3)40-29(38)34-18-12-17-10-11-20(26(32)21(17)13-18)28(37)39-19-14-24(16-6-4-7-16)35(25(36)15-19)23-9-5-8-22(31)27(23)33/h5,8-11,14-16,18H,4,6-7,12-13H2,1-3H3,(H,34,38). The molecule has 40 heavy (non-hydrogen) atoms. The lowest BCUT2D eigenvalue weighted by Gasteiger charge is -2.29. The number of benzene rings is 2. The largest absolute Gasteiger partial charge is 0.444 e. The third kappa shape index (κ3) is 5.48. The third-order valence-electron chi connectivity index (χ3n) is 7.14. The number of hydrogen-bond donors (Lipinski definition) is 1. The lowest BCUT2D eigenvalue weighted by Crippen LogP contribution is -2.39. The molecule has 1 heterocycles. The molecule has 1 fully saturated rings. The number of aromatic nitrogens is 1. The van der Waals surface area contributed by atoms with Crippen molar-refractivity contribution >= 4 is 12.1 Å². The molecule has 0 radical (unpaired) electrons. The molecular formula is C30H29F3N2O5. The molecule has 5 rings (SSSR count). The minimum atomic E-state index is -1.16. The number of amides is 1. The summed E-state index contributed by atoms with van der Waals surface area (Å²) in [6, 6.07) is 8.53. The zero-order valence-corrected chi connectivity index (χ0v) is 22.4. The first-order valence-electron chi connectivity index (χ1n) is 13.1. The highest BCUT2D eigenvalue weighted by atomic mass is 19.2. The van der Waals surface area contributed by atoms with Gasteiger partial charge in [0.2, 0.25) is 0 Å². The van der Waals surface area contributed by atoms with E-state index in [4.69, 9.17) is 9.47 Å². The van der Waals surface area contributed by atoms with Gasteiger partial charge in [-0.1, -0.05) is 18.6 Å². The highest BCUT2D eigenvalue weighted by Gasteiger charge is 2.31. The van der Waals surface area contributed by atoms with Crippen LogP contribution in [-0.2, 0) is 17.6 Å². The molecule has 0 aliphatic heterocycles. The van der Waals surface area contributed by atoms with Crippen molar-refractivity contribution in [1.29, 1.82) is 0 Å². The number of nitrogens with zero attached hydrogens (tertiary/aromatic N) is 1. The number of carbonyl (C=O) groups is 2. The Labute approximate surface area is 228 Å². The normalized spacial score (nSPS) is 16.7. The molecule has 1 atom stereocenters. The van der Waals surface area contributed by atoms with Crippen LogP contribution in [0.15, 0.2) is 47.3 Å². The number of fused-ring (bicyclic) bond motifs is 1. The smallest absolute Gasteiger partial charge is 0.407 e. The van der Waals surface area contributed by atoms with Crippen molar-refractivity contribution in [2.24, 2.45) is 0 Å². The molecule has 2 aromatic carbocycles. The molecular weight excluding hydrogens is 525 g/mol. The van der Waals surface area contributed by atoms with Crippen molar-refractivity contribution in [2.75, 3.05) is 0 Å². The zero-order chi connectivity index (χ0) is 28.8. The summed E-state index contributed by atoms with van der Waals surface area (Å²) < 4.78 is 55.7. The fourth-order valence-electron chi connectivity index (χ4n) is 5.10. The average Bonchev–Trinajstić information content (AvgIpc) is 3.22. The SMILES string of the molecule is CC(C)(C)OC(=O)NC1Cc2ccc(C(=O)Oc3cc(C4CCC4)n(-c4cccc(F)c4F)c(=O)c3)c(F)c2C1. The summed E-state index contributed by atoms with van der Waals surface area (Å²) in [6.07, 6.45) is 2.29. The number of ether oxygens (including phenoxy) is 2. The van der Waals surface area contributed by atoms with Crippen LogP contribution in [-0.4, -0.2) is 28.3 Å². The van der Waals surface area contributed by atoms with Gasteiger partial charge < -0.3 is 14.8 Å². The monoisotopic (exact) mass is 554 g/mol. The summed E-state index contributed by atoms with van der Waals surface area (Å²) in [5.74, 6) is -4.23. The number of rotatable bonds is 5. The minimum Gasteiger partial charge on any atom is -0.444 e. The van der Waals surface area contributed by atoms with Crippen LogP contribution in [0.2, 0.25) is 0 Å². The minimum absolute atomic E-state index is 0.111. The summed E-state index contributed by atoms with van der Waals surface area (Å²) in [4.78, 5) is 38.2. The highest BCUT2D eigenvalue weighted by Crippen LogP contribution is 2.38. The average molecular weight is 555 g/mol. The third-order valence-corrected chi connectivity index (χ3v) is 7.14. The van der Waals surface area contributed by atoms with Crippen LogP contribution in [0.25, 0.3) is 5.69 Å². The van der Waals surface area contributed by atoms with Crippen molar-refractivity contribution in [1.82, 2.24) is 9.88 Å². The molecule has 1 saturated carbocycles. The Hall–Kier alpha value is -4.08. The first-order chi connectivity index (χ1) is 18.9. The van der Waals surface area contributed by atoms with Gasteiger partial charge in [0.15, 0.2) is 11.6 Å². The van der Waals surface area contributed by atoms with Crippen LogP contribution in [0, 0.1) is 17.5 Å². The van der Waals surface area contributed by atoms with Gasteiger partial charge >= 0.3 is 12.1 Å². The lowest BCUT2D eigenvalue weighted by molar-refractivity contribution is 0.0505. The van der Waals surface area contributed by atoms with Gasteiger partial charge in [-0.2, -0.15) is 0 Å². The van der Waals surface area contributed by atoms with E-state index in [0.717, 1.165) is 36.0 Å². The fraction of sp³-hybridized carbons (Fsp3) is 0.367. The van der Waals surface area contributed by atoms with E-state index in [9.17, 15) is 23.2 Å². The Morgan fingerprint density at radius 3 is 2.42 bits per heavy atom. The number of hydrogen-bond acceptors (Lipinski definition) is 5. The number of pyridine rings is 1. The maximum absolute atomic E-state index is 15.4. The maximum Gasteiger partial charge on any atom is 0.407 e. The molecule has 1 aromatic heterocycles. The van der Waals surface area contributed by atoms with Crippen LogP contribution >= 0.6 is 0 Å². The van der Waals surface area contributed by atoms with Crippen molar-refractivity contribution in [3.8, 4) is 11.4 Å². The molecule has 1 N–H and O–H groups in total. The highest BCUT2D eigenvalue weighted by molar-refractivity contribution is 5.92. The van der Waals surface area contributed by atoms with Crippen LogP contribution in [0.4, 0.5) is 18.0 Å². The van der Waals surface area contributed by atoms with Gasteiger partial charge in [-0.3, -0.25) is 9.36 Å². The lowest BCUT2D eigenvalue weighted by atomic mass is 9.82. The van der Waals surface area contributed by atoms with E-state index in [0.29, 0.717) is 23.2 Å². The van der Waals surface area contributed by atoms with Gasteiger partial charge in [-0.25, -0.2) is 22.8 Å². The van der Waals surface area contributed by atoms with E-state index in [1.807, 2.05) is 0 Å². The summed E-state index contributed by atoms with van der Waals surface area (Å²) in [7, 11) is 0. The second-order valence-electron chi connectivity index (χ2n) is 11.2.